The molecule has 2 rings (SSSR count). The summed E-state index contributed by atoms with van der Waals surface area (Å²) >= 11 is 3.47. The lowest BCUT2D eigenvalue weighted by atomic mass is 10.1. The Balaban J connectivity index is 2.20. The summed E-state index contributed by atoms with van der Waals surface area (Å²) in [6.07, 6.45) is 1.69. The standard InChI is InChI=1S/C17H20BrNO2/c1-3-5-16(17(20)21-4-2)19-15-9-7-12-10-14(18)8-6-13(12)11-15/h6-11,16,19H,3-5H2,1-2H3. The fourth-order valence-corrected chi connectivity index (χ4v) is 2.67. The molecule has 3 nitrogen and oxygen atoms in total. The number of benzene rings is 2. The van der Waals surface area contributed by atoms with Gasteiger partial charge in [-0.05, 0) is 48.4 Å². The van der Waals surface area contributed by atoms with Gasteiger partial charge in [-0.1, -0.05) is 41.4 Å². The highest BCUT2D eigenvalue weighted by Crippen LogP contribution is 2.23. The highest BCUT2D eigenvalue weighted by molar-refractivity contribution is 9.10. The van der Waals surface area contributed by atoms with E-state index in [2.05, 4.69) is 52.4 Å². The van der Waals surface area contributed by atoms with Crippen molar-refractivity contribution in [2.75, 3.05) is 11.9 Å². The first-order valence-corrected chi connectivity index (χ1v) is 8.05. The van der Waals surface area contributed by atoms with E-state index in [-0.39, 0.29) is 12.0 Å². The minimum atomic E-state index is -0.289. The van der Waals surface area contributed by atoms with Gasteiger partial charge in [0.15, 0.2) is 0 Å². The second-order valence-electron chi connectivity index (χ2n) is 4.94. The lowest BCUT2D eigenvalue weighted by molar-refractivity contribution is -0.144. The summed E-state index contributed by atoms with van der Waals surface area (Å²) in [5.41, 5.74) is 0.941. The first kappa shape index (κ1) is 15.8. The van der Waals surface area contributed by atoms with Crippen molar-refractivity contribution in [2.45, 2.75) is 32.7 Å². The SMILES string of the molecule is CCCC(Nc1ccc2cc(Br)ccc2c1)C(=O)OCC. The number of rotatable bonds is 6. The average molecular weight is 350 g/mol. The molecule has 21 heavy (non-hydrogen) atoms. The molecule has 0 aromatic heterocycles. The van der Waals surface area contributed by atoms with E-state index in [4.69, 9.17) is 4.74 Å². The van der Waals surface area contributed by atoms with Gasteiger partial charge in [0.05, 0.1) is 6.61 Å². The Morgan fingerprint density at radius 3 is 2.62 bits per heavy atom. The molecule has 2 aromatic rings. The highest BCUT2D eigenvalue weighted by Gasteiger charge is 2.18. The molecule has 0 saturated heterocycles. The van der Waals surface area contributed by atoms with E-state index in [9.17, 15) is 4.79 Å². The lowest BCUT2D eigenvalue weighted by Gasteiger charge is -2.18. The zero-order valence-corrected chi connectivity index (χ0v) is 13.9. The summed E-state index contributed by atoms with van der Waals surface area (Å²) in [6.45, 7) is 4.30. The molecule has 4 heteroatoms. The summed E-state index contributed by atoms with van der Waals surface area (Å²) in [5, 5.41) is 5.59. The number of esters is 1. The highest BCUT2D eigenvalue weighted by atomic mass is 79.9. The van der Waals surface area contributed by atoms with Crippen LogP contribution in [0.3, 0.4) is 0 Å². The van der Waals surface area contributed by atoms with Crippen molar-refractivity contribution in [1.82, 2.24) is 0 Å². The zero-order valence-electron chi connectivity index (χ0n) is 12.4. The molecule has 0 bridgehead atoms. The first-order valence-electron chi connectivity index (χ1n) is 7.26. The van der Waals surface area contributed by atoms with Gasteiger partial charge in [-0.25, -0.2) is 4.79 Å². The number of ether oxygens (including phenoxy) is 1. The van der Waals surface area contributed by atoms with Crippen LogP contribution in [0.4, 0.5) is 5.69 Å². The fraction of sp³-hybridized carbons (Fsp3) is 0.353. The van der Waals surface area contributed by atoms with Crippen molar-refractivity contribution in [3.05, 3.63) is 40.9 Å². The topological polar surface area (TPSA) is 38.3 Å². The monoisotopic (exact) mass is 349 g/mol. The van der Waals surface area contributed by atoms with Gasteiger partial charge in [-0.2, -0.15) is 0 Å². The van der Waals surface area contributed by atoms with Gasteiger partial charge < -0.3 is 10.1 Å². The Morgan fingerprint density at radius 1 is 1.19 bits per heavy atom. The minimum Gasteiger partial charge on any atom is -0.464 e. The van der Waals surface area contributed by atoms with E-state index in [1.807, 2.05) is 19.1 Å². The Bertz CT molecular complexity index is 627. The Labute approximate surface area is 133 Å². The third kappa shape index (κ3) is 4.21. The third-order valence-corrected chi connectivity index (χ3v) is 3.78. The van der Waals surface area contributed by atoms with Crippen LogP contribution in [0, 0.1) is 0 Å². The smallest absolute Gasteiger partial charge is 0.328 e. The molecule has 0 aliphatic rings. The molecule has 1 N–H and O–H groups in total. The molecule has 0 aliphatic carbocycles. The molecule has 0 aliphatic heterocycles. The molecule has 2 aromatic carbocycles. The van der Waals surface area contributed by atoms with Gasteiger partial charge in [-0.3, -0.25) is 0 Å². The maximum Gasteiger partial charge on any atom is 0.328 e. The zero-order chi connectivity index (χ0) is 15.2. The van der Waals surface area contributed by atoms with Gasteiger partial charge >= 0.3 is 5.97 Å². The molecule has 0 radical (unpaired) electrons. The number of carbonyl (C=O) groups excluding carboxylic acids is 1. The molecule has 0 spiro atoms. The van der Waals surface area contributed by atoms with E-state index in [1.54, 1.807) is 0 Å². The molecular formula is C17H20BrNO2. The summed E-state index contributed by atoms with van der Waals surface area (Å²) in [6, 6.07) is 12.0. The van der Waals surface area contributed by atoms with Crippen molar-refractivity contribution in [2.24, 2.45) is 0 Å². The van der Waals surface area contributed by atoms with Gasteiger partial charge in [0.2, 0.25) is 0 Å². The van der Waals surface area contributed by atoms with Crippen LogP contribution in [0.2, 0.25) is 0 Å². The van der Waals surface area contributed by atoms with Crippen LogP contribution < -0.4 is 5.32 Å². The largest absolute Gasteiger partial charge is 0.464 e. The molecular weight excluding hydrogens is 330 g/mol. The van der Waals surface area contributed by atoms with Crippen molar-refractivity contribution < 1.29 is 9.53 Å². The number of anilines is 1. The van der Waals surface area contributed by atoms with Crippen LogP contribution >= 0.6 is 15.9 Å². The Hall–Kier alpha value is -1.55. The van der Waals surface area contributed by atoms with Gasteiger partial charge in [-0.15, -0.1) is 0 Å². The molecule has 112 valence electrons. The van der Waals surface area contributed by atoms with Crippen molar-refractivity contribution in [1.29, 1.82) is 0 Å². The molecule has 0 saturated carbocycles. The number of carbonyl (C=O) groups is 1. The molecule has 0 fully saturated rings. The van der Waals surface area contributed by atoms with Crippen molar-refractivity contribution >= 4 is 38.4 Å². The van der Waals surface area contributed by atoms with Crippen LogP contribution in [0.25, 0.3) is 10.8 Å². The quantitative estimate of drug-likeness (QED) is 0.765. The summed E-state index contributed by atoms with van der Waals surface area (Å²) in [4.78, 5) is 12.0. The van der Waals surface area contributed by atoms with Gasteiger partial charge in [0.25, 0.3) is 0 Å². The fourth-order valence-electron chi connectivity index (χ4n) is 2.29. The predicted octanol–water partition coefficient (Wildman–Crippen LogP) is 4.75. The van der Waals surface area contributed by atoms with Crippen LogP contribution in [-0.4, -0.2) is 18.6 Å². The average Bonchev–Trinajstić information content (AvgIpc) is 2.47. The van der Waals surface area contributed by atoms with Crippen LogP contribution in [0.5, 0.6) is 0 Å². The van der Waals surface area contributed by atoms with Gasteiger partial charge in [0.1, 0.15) is 6.04 Å². The number of fused-ring (bicyclic) bond motifs is 1. The van der Waals surface area contributed by atoms with E-state index < -0.39 is 0 Å². The van der Waals surface area contributed by atoms with E-state index >= 15 is 0 Å². The second-order valence-corrected chi connectivity index (χ2v) is 5.86. The van der Waals surface area contributed by atoms with Crippen LogP contribution in [0.1, 0.15) is 26.7 Å². The maximum atomic E-state index is 12.0. The third-order valence-electron chi connectivity index (χ3n) is 3.29. The maximum absolute atomic E-state index is 12.0. The number of nitrogens with one attached hydrogen (secondary N) is 1. The molecule has 0 heterocycles. The molecule has 1 atom stereocenters. The van der Waals surface area contributed by atoms with Crippen LogP contribution in [-0.2, 0) is 9.53 Å². The van der Waals surface area contributed by atoms with Crippen molar-refractivity contribution in [3.63, 3.8) is 0 Å². The van der Waals surface area contributed by atoms with Gasteiger partial charge in [0, 0.05) is 10.2 Å². The second kappa shape index (κ2) is 7.46. The van der Waals surface area contributed by atoms with Crippen LogP contribution in [0.15, 0.2) is 40.9 Å². The van der Waals surface area contributed by atoms with E-state index in [0.717, 1.165) is 33.8 Å². The molecule has 0 amide bonds. The number of hydrogen-bond donors (Lipinski definition) is 1. The minimum absolute atomic E-state index is 0.185. The first-order chi connectivity index (χ1) is 10.1. The van der Waals surface area contributed by atoms with E-state index in [0.29, 0.717) is 6.61 Å². The Morgan fingerprint density at radius 2 is 1.90 bits per heavy atom. The Kier molecular flexibility index (Phi) is 5.62. The number of halogens is 1. The normalized spacial score (nSPS) is 12.1. The lowest BCUT2D eigenvalue weighted by Crippen LogP contribution is -2.31. The molecule has 1 unspecified atom stereocenters. The van der Waals surface area contributed by atoms with E-state index in [1.165, 1.54) is 0 Å². The number of hydrogen-bond acceptors (Lipinski definition) is 3. The summed E-state index contributed by atoms with van der Waals surface area (Å²) < 4.78 is 6.19. The summed E-state index contributed by atoms with van der Waals surface area (Å²) in [7, 11) is 0. The summed E-state index contributed by atoms with van der Waals surface area (Å²) in [5.74, 6) is -0.185. The predicted molar refractivity (Wildman–Crippen MR) is 90.6 cm³/mol. The van der Waals surface area contributed by atoms with Crippen molar-refractivity contribution in [3.8, 4) is 0 Å².